The summed E-state index contributed by atoms with van der Waals surface area (Å²) in [5.74, 6) is 2.00. The molecule has 1 atom stereocenters. The first kappa shape index (κ1) is 9.54. The normalized spacial score (nSPS) is 35.6. The summed E-state index contributed by atoms with van der Waals surface area (Å²) < 4.78 is 0.104. The van der Waals surface area contributed by atoms with Crippen LogP contribution in [0.3, 0.4) is 0 Å². The molecule has 0 aromatic heterocycles. The van der Waals surface area contributed by atoms with E-state index in [0.29, 0.717) is 0 Å². The molecule has 0 aliphatic carbocycles. The minimum absolute atomic E-state index is 0.104. The molecule has 0 fully saturated rings. The van der Waals surface area contributed by atoms with Gasteiger partial charge in [0.15, 0.2) is 0 Å². The van der Waals surface area contributed by atoms with Crippen LogP contribution in [0, 0.1) is 0 Å². The van der Waals surface area contributed by atoms with Crippen LogP contribution < -0.4 is 0 Å². The minimum atomic E-state index is 0.104. The van der Waals surface area contributed by atoms with Crippen LogP contribution in [0.2, 0.25) is 0 Å². The molecule has 1 aliphatic rings. The van der Waals surface area contributed by atoms with Gasteiger partial charge in [-0.15, -0.1) is 0 Å². The van der Waals surface area contributed by atoms with Crippen LogP contribution in [0.4, 0.5) is 0 Å². The summed E-state index contributed by atoms with van der Waals surface area (Å²) in [6.07, 6.45) is 0. The van der Waals surface area contributed by atoms with Gasteiger partial charge in [0.1, 0.15) is 0 Å². The van der Waals surface area contributed by atoms with Crippen LogP contribution in [0.25, 0.3) is 0 Å². The first-order chi connectivity index (χ1) is 4.54. The number of hydrogen-bond donors (Lipinski definition) is 0. The van der Waals surface area contributed by atoms with Gasteiger partial charge in [-0.3, -0.25) is 0 Å². The maximum absolute atomic E-state index is 4.42. The molecular formula is C5H7IN2PTl. The molecule has 2 nitrogen and oxygen atoms in total. The second-order valence-corrected chi connectivity index (χ2v) is 12.5. The number of hydrogen-bond acceptors (Lipinski definition) is 2. The summed E-state index contributed by atoms with van der Waals surface area (Å²) in [5.41, 5.74) is 1.40. The van der Waals surface area contributed by atoms with Gasteiger partial charge in [-0.25, -0.2) is 0 Å². The zero-order chi connectivity index (χ0) is 7.78. The Kier molecular flexibility index (Phi) is 3.29. The summed E-state index contributed by atoms with van der Waals surface area (Å²) in [6, 6.07) is 0. The Bertz CT molecular complexity index is 202. The van der Waals surface area contributed by atoms with Gasteiger partial charge in [-0.2, -0.15) is 0 Å². The van der Waals surface area contributed by atoms with Crippen molar-refractivity contribution in [3.05, 3.63) is 0 Å². The molecule has 0 aromatic carbocycles. The quantitative estimate of drug-likeness (QED) is 0.176. The SMILES string of the molecule is CC1=PC=N[C](I)([Tl])N1C. The summed E-state index contributed by atoms with van der Waals surface area (Å²) in [6.45, 7) is 2.16. The Hall–Kier alpha value is 1.45. The van der Waals surface area contributed by atoms with Crippen molar-refractivity contribution in [3.8, 4) is 0 Å². The zero-order valence-electron chi connectivity index (χ0n) is 5.87. The number of halogens is 1. The van der Waals surface area contributed by atoms with Gasteiger partial charge < -0.3 is 0 Å². The third-order valence-electron chi connectivity index (χ3n) is 1.44. The molecule has 1 rings (SSSR count). The predicted octanol–water partition coefficient (Wildman–Crippen LogP) is 1.27. The van der Waals surface area contributed by atoms with E-state index in [1.165, 1.54) is 13.6 Å². The average molecular weight is 457 g/mol. The fourth-order valence-electron chi connectivity index (χ4n) is 0.594. The van der Waals surface area contributed by atoms with Crippen LogP contribution in [-0.2, 0) is 0 Å². The predicted molar refractivity (Wildman–Crippen MR) is 56.4 cm³/mol. The van der Waals surface area contributed by atoms with Gasteiger partial charge in [0.05, 0.1) is 0 Å². The maximum atomic E-state index is 4.42. The second-order valence-electron chi connectivity index (χ2n) is 2.12. The van der Waals surface area contributed by atoms with Crippen molar-refractivity contribution >= 4 is 67.9 Å². The average Bonchev–Trinajstić information content (AvgIpc) is 1.83. The van der Waals surface area contributed by atoms with Gasteiger partial charge in [0.25, 0.3) is 0 Å². The number of alkyl halides is 1. The molecule has 10 heavy (non-hydrogen) atoms. The number of nitrogens with zero attached hydrogens (tertiary/aromatic N) is 2. The molecule has 0 N–H and O–H groups in total. The molecule has 1 unspecified atom stereocenters. The van der Waals surface area contributed by atoms with Gasteiger partial charge >= 0.3 is 93.0 Å². The van der Waals surface area contributed by atoms with E-state index >= 15 is 0 Å². The molecule has 0 aromatic rings. The van der Waals surface area contributed by atoms with Crippen molar-refractivity contribution in [1.82, 2.24) is 4.90 Å². The Morgan fingerprint density at radius 3 is 2.90 bits per heavy atom. The van der Waals surface area contributed by atoms with Crippen molar-refractivity contribution in [1.29, 1.82) is 0 Å². The van der Waals surface area contributed by atoms with E-state index in [1.54, 1.807) is 0 Å². The summed E-state index contributed by atoms with van der Waals surface area (Å²) in [4.78, 5) is 6.69. The molecule has 1 heterocycles. The van der Waals surface area contributed by atoms with Crippen LogP contribution in [0.15, 0.2) is 4.99 Å². The molecule has 1 aliphatic heterocycles. The van der Waals surface area contributed by atoms with E-state index in [2.05, 4.69) is 46.5 Å². The third-order valence-corrected chi connectivity index (χ3v) is 5.43. The van der Waals surface area contributed by atoms with Crippen LogP contribution in [-0.4, -0.2) is 50.3 Å². The summed E-state index contributed by atoms with van der Waals surface area (Å²) in [5, 5.41) is 0. The summed E-state index contributed by atoms with van der Waals surface area (Å²) in [7, 11) is 3.36. The molecule has 5 heteroatoms. The molecule has 0 saturated heterocycles. The molecule has 0 bridgehead atoms. The molecule has 0 spiro atoms. The Morgan fingerprint density at radius 2 is 2.50 bits per heavy atom. The molecular weight excluding hydrogens is 450 g/mol. The van der Waals surface area contributed by atoms with E-state index in [9.17, 15) is 0 Å². The topological polar surface area (TPSA) is 15.6 Å². The van der Waals surface area contributed by atoms with Gasteiger partial charge in [-0.1, -0.05) is 0 Å². The van der Waals surface area contributed by atoms with Crippen molar-refractivity contribution in [2.24, 2.45) is 4.99 Å². The zero-order valence-corrected chi connectivity index (χ0v) is 13.4. The van der Waals surface area contributed by atoms with Crippen LogP contribution in [0.1, 0.15) is 6.92 Å². The van der Waals surface area contributed by atoms with Crippen molar-refractivity contribution in [3.63, 3.8) is 0 Å². The molecule has 52 valence electrons. The van der Waals surface area contributed by atoms with Crippen LogP contribution >= 0.6 is 30.8 Å². The monoisotopic (exact) mass is 458 g/mol. The standard InChI is InChI=1S/C5H7IN2P.Tl/c1-4-8(2)5(6)7-3-9-4;/h3H,1-2H3;. The van der Waals surface area contributed by atoms with E-state index in [1.807, 2.05) is 5.96 Å². The van der Waals surface area contributed by atoms with E-state index < -0.39 is 0 Å². The molecule has 0 amide bonds. The summed E-state index contributed by atoms with van der Waals surface area (Å²) >= 11 is 3.27. The number of aliphatic imine (C=N–C) groups is 1. The second kappa shape index (κ2) is 3.45. The molecule has 0 radical (unpaired) electrons. The van der Waals surface area contributed by atoms with Crippen LogP contribution in [0.5, 0.6) is 0 Å². The fourth-order valence-corrected chi connectivity index (χ4v) is 4.19. The van der Waals surface area contributed by atoms with Crippen molar-refractivity contribution < 1.29 is 0 Å². The van der Waals surface area contributed by atoms with Gasteiger partial charge in [0, 0.05) is 0 Å². The fraction of sp³-hybridized carbons (Fsp3) is 0.600. The first-order valence-electron chi connectivity index (χ1n) is 2.84. The van der Waals surface area contributed by atoms with Crippen molar-refractivity contribution in [2.75, 3.05) is 7.05 Å². The Balaban J connectivity index is 2.89. The van der Waals surface area contributed by atoms with Gasteiger partial charge in [-0.05, 0) is 0 Å². The van der Waals surface area contributed by atoms with E-state index in [4.69, 9.17) is 0 Å². The Morgan fingerprint density at radius 1 is 1.90 bits per heavy atom. The van der Waals surface area contributed by atoms with E-state index in [0.717, 1.165) is 25.8 Å². The van der Waals surface area contributed by atoms with E-state index in [-0.39, 0.29) is 1.23 Å². The third kappa shape index (κ3) is 1.98. The Labute approximate surface area is 92.1 Å². The number of rotatable bonds is 0. The first-order valence-corrected chi connectivity index (χ1v) is 7.12. The van der Waals surface area contributed by atoms with Gasteiger partial charge in [0.2, 0.25) is 0 Å². The van der Waals surface area contributed by atoms with Crippen molar-refractivity contribution in [2.45, 2.75) is 8.15 Å². The molecule has 0 saturated carbocycles.